The molecule has 0 saturated carbocycles. The van der Waals surface area contributed by atoms with Gasteiger partial charge in [-0.25, -0.2) is 0 Å². The Morgan fingerprint density at radius 3 is 1.73 bits per heavy atom. The van der Waals surface area contributed by atoms with Crippen LogP contribution in [0.2, 0.25) is 0 Å². The van der Waals surface area contributed by atoms with Crippen molar-refractivity contribution in [2.24, 2.45) is 0 Å². The van der Waals surface area contributed by atoms with Crippen LogP contribution in [0.3, 0.4) is 0 Å². The first-order valence-corrected chi connectivity index (χ1v) is 11.1. The van der Waals surface area contributed by atoms with Crippen LogP contribution in [0.25, 0.3) is 0 Å². The molecule has 0 fully saturated rings. The number of halogens is 4. The number of alkyl halides is 4. The molecule has 13 heteroatoms. The topological polar surface area (TPSA) is 109 Å². The van der Waals surface area contributed by atoms with Gasteiger partial charge in [0.15, 0.2) is 5.25 Å². The minimum Gasteiger partial charge on any atom is -0.279 e. The van der Waals surface area contributed by atoms with Gasteiger partial charge in [0, 0.05) is 0 Å². The van der Waals surface area contributed by atoms with E-state index in [0.29, 0.717) is 11.1 Å². The van der Waals surface area contributed by atoms with Gasteiger partial charge in [-0.2, -0.15) is 16.8 Å². The summed E-state index contributed by atoms with van der Waals surface area (Å²) in [6.45, 7) is 3.18. The van der Waals surface area contributed by atoms with E-state index in [1.54, 1.807) is 13.8 Å². The molecule has 0 aliphatic carbocycles. The Morgan fingerprint density at radius 2 is 1.41 bits per heavy atom. The van der Waals surface area contributed by atoms with E-state index in [1.807, 2.05) is 0 Å². The van der Waals surface area contributed by atoms with Crippen molar-refractivity contribution in [1.82, 2.24) is 0 Å². The highest BCUT2D eigenvalue weighted by Gasteiger charge is 2.72. The predicted octanol–water partition coefficient (Wildman–Crippen LogP) is 2.83. The van der Waals surface area contributed by atoms with Gasteiger partial charge >= 0.3 is 23.1 Å². The van der Waals surface area contributed by atoms with Gasteiger partial charge in [-0.1, -0.05) is 34.8 Å². The molecule has 2 atom stereocenters. The van der Waals surface area contributed by atoms with E-state index in [0.717, 1.165) is 5.41 Å². The van der Waals surface area contributed by atoms with E-state index in [-0.39, 0.29) is 0 Å². The molecule has 6 nitrogen and oxygen atoms in total. The molecule has 1 aliphatic rings. The van der Waals surface area contributed by atoms with Crippen LogP contribution in [0.4, 0.5) is 0 Å². The molecular weight excluding hydrogens is 442 g/mol. The van der Waals surface area contributed by atoms with Crippen LogP contribution in [0.5, 0.6) is 0 Å². The molecule has 0 aromatic heterocycles. The van der Waals surface area contributed by atoms with Crippen LogP contribution in [0.1, 0.15) is 13.8 Å². The number of hydrogen-bond acceptors (Lipinski definition) is 4. The molecule has 1 heterocycles. The SMILES string of the molecule is CC1=CC(C(Cl)(Cl)Cl)[S+](C(Cl)(S(=O)(=O)O)S(=O)(=O)O)C=C1C. The van der Waals surface area contributed by atoms with E-state index in [1.165, 1.54) is 6.08 Å². The average molecular weight is 453 g/mol. The third kappa shape index (κ3) is 3.73. The normalized spacial score (nSPS) is 24.7. The lowest BCUT2D eigenvalue weighted by molar-refractivity contribution is 0.462. The van der Waals surface area contributed by atoms with Gasteiger partial charge in [0.05, 0.1) is 10.9 Å². The van der Waals surface area contributed by atoms with Crippen molar-refractivity contribution in [2.75, 3.05) is 0 Å². The van der Waals surface area contributed by atoms with Crippen LogP contribution in [0, 0.1) is 0 Å². The summed E-state index contributed by atoms with van der Waals surface area (Å²) in [5.41, 5.74) is 1.07. The molecule has 0 aromatic rings. The Kier molecular flexibility index (Phi) is 5.94. The Balaban J connectivity index is 3.74. The maximum absolute atomic E-state index is 11.6. The molecule has 0 bridgehead atoms. The lowest BCUT2D eigenvalue weighted by Gasteiger charge is -2.30. The average Bonchev–Trinajstić information content (AvgIpc) is 2.26. The molecule has 22 heavy (non-hydrogen) atoms. The zero-order valence-electron chi connectivity index (χ0n) is 11.0. The fourth-order valence-electron chi connectivity index (χ4n) is 1.63. The molecule has 0 radical (unpaired) electrons. The number of hydrogen-bond donors (Lipinski definition) is 2. The first kappa shape index (κ1) is 20.9. The van der Waals surface area contributed by atoms with Gasteiger partial charge < -0.3 is 0 Å². The van der Waals surface area contributed by atoms with Gasteiger partial charge in [-0.05, 0) is 42.7 Å². The fraction of sp³-hybridized carbons (Fsp3) is 0.556. The summed E-state index contributed by atoms with van der Waals surface area (Å²) >= 11 is 23.0. The molecule has 0 spiro atoms. The molecule has 0 amide bonds. The van der Waals surface area contributed by atoms with Crippen molar-refractivity contribution in [3.8, 4) is 0 Å². The highest BCUT2D eigenvalue weighted by Crippen LogP contribution is 2.49. The van der Waals surface area contributed by atoms with Crippen LogP contribution in [-0.2, 0) is 31.1 Å². The molecule has 2 unspecified atom stereocenters. The molecular formula is C9H11Cl4O6S3+. The smallest absolute Gasteiger partial charge is 0.279 e. The molecule has 128 valence electrons. The van der Waals surface area contributed by atoms with E-state index >= 15 is 0 Å². The minimum atomic E-state index is -5.47. The summed E-state index contributed by atoms with van der Waals surface area (Å²) in [6.07, 6.45) is 1.33. The third-order valence-electron chi connectivity index (χ3n) is 2.82. The van der Waals surface area contributed by atoms with Crippen LogP contribution in [-0.4, -0.2) is 37.9 Å². The van der Waals surface area contributed by atoms with E-state index in [2.05, 4.69) is 0 Å². The highest BCUT2D eigenvalue weighted by molar-refractivity contribution is 8.28. The quantitative estimate of drug-likeness (QED) is 0.387. The van der Waals surface area contributed by atoms with Gasteiger partial charge in [-0.15, -0.1) is 0 Å². The summed E-state index contributed by atoms with van der Waals surface area (Å²) < 4.78 is 59.3. The van der Waals surface area contributed by atoms with E-state index in [9.17, 15) is 25.9 Å². The van der Waals surface area contributed by atoms with Crippen molar-refractivity contribution in [1.29, 1.82) is 0 Å². The lowest BCUT2D eigenvalue weighted by Crippen LogP contribution is -2.53. The maximum Gasteiger partial charge on any atom is 0.452 e. The van der Waals surface area contributed by atoms with Crippen LogP contribution in [0.15, 0.2) is 22.6 Å². The first-order valence-electron chi connectivity index (χ1n) is 5.32. The second-order valence-corrected chi connectivity index (χ2v) is 14.0. The number of allylic oxidation sites excluding steroid dienone is 2. The summed E-state index contributed by atoms with van der Waals surface area (Å²) in [7, 11) is -13.0. The van der Waals surface area contributed by atoms with Gasteiger partial charge in [-0.3, -0.25) is 9.11 Å². The standard InChI is InChI=1S/C9H10Cl4O6S3/c1-5-3-7(8(10,11)12)20(4-6(5)2)9(13,21(14,15)16)22(17,18)19/h3-4,7H,1-2H3,(H-,14,15,16,17,18,19)/p+1. The fourth-order valence-corrected chi connectivity index (χ4v) is 8.82. The summed E-state index contributed by atoms with van der Waals surface area (Å²) in [5.74, 6) is 0. The second-order valence-electron chi connectivity index (χ2n) is 4.42. The van der Waals surface area contributed by atoms with Crippen molar-refractivity contribution >= 4 is 77.5 Å². The first-order chi connectivity index (χ1) is 9.53. The van der Waals surface area contributed by atoms with E-state index < -0.39 is 43.0 Å². The zero-order chi connectivity index (χ0) is 17.7. The molecule has 0 saturated heterocycles. The van der Waals surface area contributed by atoms with Gasteiger partial charge in [0.2, 0.25) is 3.79 Å². The Labute approximate surface area is 151 Å². The van der Waals surface area contributed by atoms with Gasteiger partial charge in [0.1, 0.15) is 5.41 Å². The third-order valence-corrected chi connectivity index (χ3v) is 12.7. The maximum atomic E-state index is 11.6. The summed E-state index contributed by atoms with van der Waals surface area (Å²) in [4.78, 5) is 0. The van der Waals surface area contributed by atoms with Crippen LogP contribution < -0.4 is 0 Å². The summed E-state index contributed by atoms with van der Waals surface area (Å²) in [5, 5.41) is -0.154. The molecule has 2 N–H and O–H groups in total. The zero-order valence-corrected chi connectivity index (χ0v) is 16.5. The van der Waals surface area contributed by atoms with Crippen molar-refractivity contribution in [3.63, 3.8) is 0 Å². The monoisotopic (exact) mass is 451 g/mol. The largest absolute Gasteiger partial charge is 0.452 e. The van der Waals surface area contributed by atoms with Gasteiger partial charge in [0.25, 0.3) is 0 Å². The van der Waals surface area contributed by atoms with Crippen molar-refractivity contribution in [2.45, 2.75) is 25.8 Å². The van der Waals surface area contributed by atoms with E-state index in [4.69, 9.17) is 46.4 Å². The second kappa shape index (κ2) is 6.27. The predicted molar refractivity (Wildman–Crippen MR) is 90.6 cm³/mol. The number of rotatable bonds is 3. The molecule has 0 aromatic carbocycles. The molecule has 1 rings (SSSR count). The Morgan fingerprint density at radius 1 is 1.00 bits per heavy atom. The lowest BCUT2D eigenvalue weighted by atomic mass is 10.1. The van der Waals surface area contributed by atoms with Crippen LogP contribution >= 0.6 is 46.4 Å². The van der Waals surface area contributed by atoms with Crippen molar-refractivity contribution < 1.29 is 25.9 Å². The minimum absolute atomic E-state index is 0.464. The highest BCUT2D eigenvalue weighted by atomic mass is 35.6. The summed E-state index contributed by atoms with van der Waals surface area (Å²) in [6, 6.07) is 0. The Bertz CT molecular complexity index is 702. The Hall–Kier alpha value is 0.810. The molecule has 1 aliphatic heterocycles. The van der Waals surface area contributed by atoms with Crippen molar-refractivity contribution in [3.05, 3.63) is 22.6 Å².